The van der Waals surface area contributed by atoms with Crippen molar-refractivity contribution in [2.24, 2.45) is 0 Å². The molecule has 0 bridgehead atoms. The van der Waals surface area contributed by atoms with Crippen molar-refractivity contribution in [1.82, 2.24) is 14.9 Å². The summed E-state index contributed by atoms with van der Waals surface area (Å²) in [5.41, 5.74) is 3.91. The van der Waals surface area contributed by atoms with E-state index in [1.165, 1.54) is 17.0 Å². The van der Waals surface area contributed by atoms with Gasteiger partial charge < -0.3 is 19.8 Å². The Kier molecular flexibility index (Phi) is 6.49. The second kappa shape index (κ2) is 9.90. The molecule has 2 aliphatic heterocycles. The largest absolute Gasteiger partial charge is 0.475 e. The van der Waals surface area contributed by atoms with Crippen LogP contribution in [-0.2, 0) is 17.8 Å². The van der Waals surface area contributed by atoms with Crippen LogP contribution in [-0.4, -0.2) is 64.1 Å². The Labute approximate surface area is 215 Å². The molecule has 5 rings (SSSR count). The van der Waals surface area contributed by atoms with Crippen LogP contribution in [0.5, 0.6) is 0 Å². The minimum atomic E-state index is -1.18. The number of amides is 1. The van der Waals surface area contributed by atoms with Gasteiger partial charge in [0.1, 0.15) is 5.82 Å². The molecule has 2 aliphatic rings. The van der Waals surface area contributed by atoms with Crippen molar-refractivity contribution in [3.63, 3.8) is 0 Å². The summed E-state index contributed by atoms with van der Waals surface area (Å²) in [5.74, 6) is -1.05. The van der Waals surface area contributed by atoms with Gasteiger partial charge in [0.05, 0.1) is 30.8 Å². The van der Waals surface area contributed by atoms with Gasteiger partial charge in [-0.1, -0.05) is 36.9 Å². The van der Waals surface area contributed by atoms with Gasteiger partial charge in [0, 0.05) is 42.8 Å². The van der Waals surface area contributed by atoms with Crippen LogP contribution < -0.4 is 9.80 Å². The molecule has 9 heteroatoms. The summed E-state index contributed by atoms with van der Waals surface area (Å²) >= 11 is 0. The lowest BCUT2D eigenvalue weighted by molar-refractivity contribution is -0.128. The predicted molar refractivity (Wildman–Crippen MR) is 141 cm³/mol. The van der Waals surface area contributed by atoms with Gasteiger partial charge in [-0.15, -0.1) is 0 Å². The molecule has 0 radical (unpaired) electrons. The highest BCUT2D eigenvalue weighted by Gasteiger charge is 2.33. The number of benzene rings is 2. The van der Waals surface area contributed by atoms with Crippen LogP contribution in [0.4, 0.5) is 11.5 Å². The minimum Gasteiger partial charge on any atom is -0.475 e. The first-order valence-corrected chi connectivity index (χ1v) is 12.3. The topological polar surface area (TPSA) is 114 Å². The fourth-order valence-corrected chi connectivity index (χ4v) is 5.48. The molecule has 0 aliphatic carbocycles. The number of aryl methyl sites for hydroxylation is 1. The molecule has 3 heterocycles. The highest BCUT2D eigenvalue weighted by atomic mass is 16.4. The number of anilines is 2. The van der Waals surface area contributed by atoms with E-state index in [-0.39, 0.29) is 24.2 Å². The second-order valence-corrected chi connectivity index (χ2v) is 9.42. The van der Waals surface area contributed by atoms with Gasteiger partial charge in [0.25, 0.3) is 0 Å². The normalized spacial score (nSPS) is 17.3. The Balaban J connectivity index is 1.51. The molecule has 3 aromatic rings. The van der Waals surface area contributed by atoms with Crippen LogP contribution in [0.25, 0.3) is 10.8 Å². The van der Waals surface area contributed by atoms with Gasteiger partial charge in [-0.2, -0.15) is 5.26 Å². The number of nitrogens with zero attached hydrogens (tertiary/aromatic N) is 6. The van der Waals surface area contributed by atoms with Crippen LogP contribution in [0, 0.1) is 18.3 Å². The van der Waals surface area contributed by atoms with Crippen molar-refractivity contribution in [2.75, 3.05) is 36.0 Å². The number of hydrogen-bond donors (Lipinski definition) is 1. The zero-order valence-electron chi connectivity index (χ0n) is 20.7. The third-order valence-electron chi connectivity index (χ3n) is 7.23. The molecule has 0 spiro atoms. The van der Waals surface area contributed by atoms with E-state index in [0.717, 1.165) is 23.2 Å². The summed E-state index contributed by atoms with van der Waals surface area (Å²) in [4.78, 5) is 39.1. The molecule has 0 saturated carbocycles. The van der Waals surface area contributed by atoms with E-state index in [2.05, 4.69) is 58.7 Å². The zero-order chi connectivity index (χ0) is 26.1. The van der Waals surface area contributed by atoms with E-state index in [9.17, 15) is 20.0 Å². The lowest BCUT2D eigenvalue weighted by Gasteiger charge is -2.42. The highest BCUT2D eigenvalue weighted by Crippen LogP contribution is 2.35. The maximum atomic E-state index is 12.3. The van der Waals surface area contributed by atoms with Crippen molar-refractivity contribution < 1.29 is 14.7 Å². The number of aromatic carboxylic acids is 1. The van der Waals surface area contributed by atoms with E-state index in [1.807, 2.05) is 17.0 Å². The van der Waals surface area contributed by atoms with Crippen LogP contribution in [0.3, 0.4) is 0 Å². The van der Waals surface area contributed by atoms with Crippen molar-refractivity contribution in [3.05, 3.63) is 71.7 Å². The summed E-state index contributed by atoms with van der Waals surface area (Å²) in [6, 6.07) is 14.3. The molecule has 37 heavy (non-hydrogen) atoms. The molecule has 1 aromatic heterocycles. The van der Waals surface area contributed by atoms with Gasteiger partial charge in [0.2, 0.25) is 11.7 Å². The van der Waals surface area contributed by atoms with E-state index in [0.29, 0.717) is 44.1 Å². The van der Waals surface area contributed by atoms with Crippen molar-refractivity contribution >= 4 is 34.2 Å². The Bertz CT molecular complexity index is 1440. The number of nitriles is 1. The minimum absolute atomic E-state index is 0.170. The van der Waals surface area contributed by atoms with E-state index >= 15 is 0 Å². The molecule has 1 saturated heterocycles. The molecule has 1 atom stereocenters. The fourth-order valence-electron chi connectivity index (χ4n) is 5.48. The molecule has 1 amide bonds. The van der Waals surface area contributed by atoms with Crippen molar-refractivity contribution in [3.8, 4) is 6.07 Å². The molecule has 9 nitrogen and oxygen atoms in total. The Morgan fingerprint density at radius 3 is 2.68 bits per heavy atom. The number of rotatable bonds is 5. The molecule has 1 unspecified atom stereocenters. The molecule has 1 fully saturated rings. The van der Waals surface area contributed by atoms with Crippen LogP contribution in [0.15, 0.2) is 49.1 Å². The van der Waals surface area contributed by atoms with E-state index in [1.54, 1.807) is 4.90 Å². The lowest BCUT2D eigenvalue weighted by atomic mass is 9.99. The van der Waals surface area contributed by atoms with Crippen molar-refractivity contribution in [2.45, 2.75) is 32.4 Å². The van der Waals surface area contributed by atoms with Crippen LogP contribution in [0.1, 0.15) is 33.9 Å². The number of fused-ring (bicyclic) bond motifs is 2. The second-order valence-electron chi connectivity index (χ2n) is 9.42. The van der Waals surface area contributed by atoms with Gasteiger partial charge in [-0.3, -0.25) is 4.79 Å². The Morgan fingerprint density at radius 2 is 1.95 bits per heavy atom. The molecular formula is C28H28N6O3. The van der Waals surface area contributed by atoms with Crippen LogP contribution in [0.2, 0.25) is 0 Å². The van der Waals surface area contributed by atoms with Gasteiger partial charge in [-0.25, -0.2) is 14.8 Å². The monoisotopic (exact) mass is 496 g/mol. The quantitative estimate of drug-likeness (QED) is 0.535. The SMILES string of the molecule is C=CC(=O)N1CCN(c2nc(C(=O)O)nc3c2CCN(c2cccc4cccc(C)c24)C3)CC1CC#N. The van der Waals surface area contributed by atoms with Gasteiger partial charge >= 0.3 is 5.97 Å². The van der Waals surface area contributed by atoms with Gasteiger partial charge in [0.15, 0.2) is 0 Å². The average molecular weight is 497 g/mol. The first-order valence-electron chi connectivity index (χ1n) is 12.3. The highest BCUT2D eigenvalue weighted by molar-refractivity contribution is 5.97. The van der Waals surface area contributed by atoms with Crippen LogP contribution >= 0.6 is 0 Å². The number of aromatic nitrogens is 2. The number of carbonyl (C=O) groups is 2. The summed E-state index contributed by atoms with van der Waals surface area (Å²) in [7, 11) is 0. The lowest BCUT2D eigenvalue weighted by Crippen LogP contribution is -2.55. The Hall–Kier alpha value is -4.45. The number of carbonyl (C=O) groups excluding carboxylic acids is 1. The molecule has 188 valence electrons. The third-order valence-corrected chi connectivity index (χ3v) is 7.23. The number of piperazine rings is 1. The number of carboxylic acids is 1. The Morgan fingerprint density at radius 1 is 1.16 bits per heavy atom. The molecule has 2 aromatic carbocycles. The number of hydrogen-bond acceptors (Lipinski definition) is 7. The maximum Gasteiger partial charge on any atom is 0.374 e. The third kappa shape index (κ3) is 4.47. The fraction of sp³-hybridized carbons (Fsp3) is 0.321. The summed E-state index contributed by atoms with van der Waals surface area (Å²) in [6.45, 7) is 8.15. The van der Waals surface area contributed by atoms with Crippen molar-refractivity contribution in [1.29, 1.82) is 5.26 Å². The number of carboxylic acid groups (broad SMARTS) is 1. The standard InChI is InChI=1S/C28H28N6O3/c1-3-24(35)34-15-14-33(16-20(34)10-12-29)27-21-11-13-32(17-22(21)30-26(31-27)28(36)37)23-9-5-8-19-7-4-6-18(2)25(19)23/h3-9,20H,1,10-11,13-17H2,2H3,(H,36,37). The molecular weight excluding hydrogens is 468 g/mol. The van der Waals surface area contributed by atoms with E-state index < -0.39 is 5.97 Å². The maximum absolute atomic E-state index is 12.3. The smallest absolute Gasteiger partial charge is 0.374 e. The zero-order valence-corrected chi connectivity index (χ0v) is 20.7. The first-order chi connectivity index (χ1) is 17.9. The predicted octanol–water partition coefficient (Wildman–Crippen LogP) is 3.32. The summed E-state index contributed by atoms with van der Waals surface area (Å²) in [5, 5.41) is 21.5. The summed E-state index contributed by atoms with van der Waals surface area (Å²) < 4.78 is 0. The summed E-state index contributed by atoms with van der Waals surface area (Å²) in [6.07, 6.45) is 2.09. The molecule has 1 N–H and O–H groups in total. The van der Waals surface area contributed by atoms with Gasteiger partial charge in [-0.05, 0) is 36.4 Å². The average Bonchev–Trinajstić information content (AvgIpc) is 2.91. The first kappa shape index (κ1) is 24.3. The van der Waals surface area contributed by atoms with E-state index in [4.69, 9.17) is 0 Å².